The normalized spacial score (nSPS) is 20.8. The van der Waals surface area contributed by atoms with Crippen LogP contribution in [-0.2, 0) is 4.74 Å². The summed E-state index contributed by atoms with van der Waals surface area (Å²) in [7, 11) is 0. The molecule has 0 bridgehead atoms. The first-order chi connectivity index (χ1) is 7.83. The van der Waals surface area contributed by atoms with Crippen LogP contribution in [0.3, 0.4) is 0 Å². The Morgan fingerprint density at radius 2 is 2.19 bits per heavy atom. The van der Waals surface area contributed by atoms with Crippen molar-refractivity contribution in [3.63, 3.8) is 0 Å². The van der Waals surface area contributed by atoms with E-state index in [1.165, 1.54) is 0 Å². The van der Waals surface area contributed by atoms with Gasteiger partial charge in [0.2, 0.25) is 0 Å². The smallest absolute Gasteiger partial charge is 0.254 e. The van der Waals surface area contributed by atoms with E-state index in [1.807, 2.05) is 18.2 Å². The molecule has 16 heavy (non-hydrogen) atoms. The van der Waals surface area contributed by atoms with Gasteiger partial charge >= 0.3 is 0 Å². The largest absolute Gasteiger partial charge is 0.394 e. The summed E-state index contributed by atoms with van der Waals surface area (Å²) in [5.74, 6) is -0.0389. The number of benzene rings is 1. The molecule has 4 nitrogen and oxygen atoms in total. The predicted octanol–water partition coefficient (Wildman–Crippen LogP) is 0.520. The third kappa shape index (κ3) is 2.23. The molecule has 1 N–H and O–H groups in total. The number of aliphatic hydroxyl groups is 1. The van der Waals surface area contributed by atoms with E-state index in [0.29, 0.717) is 25.3 Å². The molecule has 0 aliphatic carbocycles. The van der Waals surface area contributed by atoms with Crippen LogP contribution in [0.4, 0.5) is 0 Å². The molecule has 0 radical (unpaired) electrons. The lowest BCUT2D eigenvalue weighted by atomic mass is 10.1. The van der Waals surface area contributed by atoms with Gasteiger partial charge < -0.3 is 14.7 Å². The summed E-state index contributed by atoms with van der Waals surface area (Å²) in [5.41, 5.74) is 0.655. The summed E-state index contributed by atoms with van der Waals surface area (Å²) in [6.45, 7) is 1.43. The summed E-state index contributed by atoms with van der Waals surface area (Å²) in [5, 5.41) is 9.18. The Labute approximate surface area is 94.4 Å². The zero-order chi connectivity index (χ0) is 11.4. The van der Waals surface area contributed by atoms with E-state index in [0.717, 1.165) is 0 Å². The number of carbonyl (C=O) groups excluding carboxylic acids is 1. The van der Waals surface area contributed by atoms with Crippen LogP contribution in [0, 0.1) is 0 Å². The lowest BCUT2D eigenvalue weighted by Gasteiger charge is -2.34. The van der Waals surface area contributed by atoms with Crippen LogP contribution in [0.1, 0.15) is 10.4 Å². The zero-order valence-corrected chi connectivity index (χ0v) is 9.00. The van der Waals surface area contributed by atoms with Crippen molar-refractivity contribution >= 4 is 5.91 Å². The van der Waals surface area contributed by atoms with Crippen molar-refractivity contribution < 1.29 is 14.6 Å². The highest BCUT2D eigenvalue weighted by Crippen LogP contribution is 2.11. The molecule has 4 heteroatoms. The zero-order valence-electron chi connectivity index (χ0n) is 9.00. The van der Waals surface area contributed by atoms with Crippen molar-refractivity contribution in [2.75, 3.05) is 26.4 Å². The third-order valence-electron chi connectivity index (χ3n) is 2.72. The van der Waals surface area contributed by atoms with Crippen LogP contribution in [-0.4, -0.2) is 48.3 Å². The first-order valence-corrected chi connectivity index (χ1v) is 5.37. The lowest BCUT2D eigenvalue weighted by Crippen LogP contribution is -2.50. The van der Waals surface area contributed by atoms with E-state index in [-0.39, 0.29) is 18.6 Å². The summed E-state index contributed by atoms with van der Waals surface area (Å²) in [4.78, 5) is 13.8. The second-order valence-corrected chi connectivity index (χ2v) is 3.78. The van der Waals surface area contributed by atoms with Crippen LogP contribution in [0.25, 0.3) is 0 Å². The van der Waals surface area contributed by atoms with Gasteiger partial charge in [0, 0.05) is 12.1 Å². The van der Waals surface area contributed by atoms with Crippen molar-refractivity contribution in [1.29, 1.82) is 0 Å². The maximum absolute atomic E-state index is 12.1. The number of nitrogens with zero attached hydrogens (tertiary/aromatic N) is 1. The maximum atomic E-state index is 12.1. The van der Waals surface area contributed by atoms with Gasteiger partial charge in [0.1, 0.15) is 0 Å². The summed E-state index contributed by atoms with van der Waals surface area (Å²) >= 11 is 0. The molecule has 86 valence electrons. The van der Waals surface area contributed by atoms with E-state index in [2.05, 4.69) is 0 Å². The Hall–Kier alpha value is -1.39. The minimum atomic E-state index is -0.221. The van der Waals surface area contributed by atoms with Gasteiger partial charge in [-0.3, -0.25) is 4.79 Å². The molecule has 0 saturated carbocycles. The van der Waals surface area contributed by atoms with Gasteiger partial charge in [-0.25, -0.2) is 0 Å². The fraction of sp³-hybridized carbons (Fsp3) is 0.417. The molecule has 1 aliphatic heterocycles. The minimum Gasteiger partial charge on any atom is -0.394 e. The third-order valence-corrected chi connectivity index (χ3v) is 2.72. The van der Waals surface area contributed by atoms with Crippen LogP contribution in [0.15, 0.2) is 30.3 Å². The van der Waals surface area contributed by atoms with Gasteiger partial charge in [0.05, 0.1) is 25.9 Å². The average Bonchev–Trinajstić information content (AvgIpc) is 2.39. The van der Waals surface area contributed by atoms with Gasteiger partial charge in [-0.15, -0.1) is 0 Å². The summed E-state index contributed by atoms with van der Waals surface area (Å²) in [6, 6.07) is 8.89. The van der Waals surface area contributed by atoms with E-state index in [4.69, 9.17) is 4.74 Å². The van der Waals surface area contributed by atoms with Crippen LogP contribution in [0.2, 0.25) is 0 Å². The Kier molecular flexibility index (Phi) is 3.54. The molecular weight excluding hydrogens is 206 g/mol. The van der Waals surface area contributed by atoms with Crippen molar-refractivity contribution in [3.8, 4) is 0 Å². The second-order valence-electron chi connectivity index (χ2n) is 3.78. The van der Waals surface area contributed by atoms with Crippen LogP contribution < -0.4 is 0 Å². The number of hydrogen-bond acceptors (Lipinski definition) is 3. The molecule has 1 aliphatic rings. The Bertz CT molecular complexity index is 353. The second kappa shape index (κ2) is 5.09. The molecule has 1 fully saturated rings. The van der Waals surface area contributed by atoms with Gasteiger partial charge in [0.25, 0.3) is 5.91 Å². The number of rotatable bonds is 2. The molecule has 1 amide bonds. The molecule has 1 heterocycles. The first-order valence-electron chi connectivity index (χ1n) is 5.37. The highest BCUT2D eigenvalue weighted by molar-refractivity contribution is 5.94. The van der Waals surface area contributed by atoms with E-state index in [9.17, 15) is 9.90 Å². The Balaban J connectivity index is 2.14. The highest BCUT2D eigenvalue weighted by atomic mass is 16.5. The molecule has 1 saturated heterocycles. The van der Waals surface area contributed by atoms with E-state index >= 15 is 0 Å². The monoisotopic (exact) mass is 221 g/mol. The molecule has 1 aromatic rings. The molecule has 0 aromatic heterocycles. The van der Waals surface area contributed by atoms with Gasteiger partial charge in [0.15, 0.2) is 0 Å². The number of hydrogen-bond donors (Lipinski definition) is 1. The molecule has 1 aromatic carbocycles. The number of aliphatic hydroxyl groups excluding tert-OH is 1. The lowest BCUT2D eigenvalue weighted by molar-refractivity contribution is -0.0183. The van der Waals surface area contributed by atoms with Gasteiger partial charge in [-0.1, -0.05) is 18.2 Å². The van der Waals surface area contributed by atoms with E-state index < -0.39 is 0 Å². The topological polar surface area (TPSA) is 49.8 Å². The first kappa shape index (κ1) is 11.1. The molecule has 0 spiro atoms. The number of carbonyl (C=O) groups is 1. The van der Waals surface area contributed by atoms with Crippen molar-refractivity contribution in [1.82, 2.24) is 4.90 Å². The molecule has 2 rings (SSSR count). The molecule has 1 atom stereocenters. The van der Waals surface area contributed by atoms with Crippen LogP contribution in [0.5, 0.6) is 0 Å². The van der Waals surface area contributed by atoms with Gasteiger partial charge in [-0.2, -0.15) is 0 Å². The Morgan fingerprint density at radius 3 is 2.88 bits per heavy atom. The SMILES string of the molecule is O=C(c1ccccc1)N1CCOC[C@@H]1CO. The summed E-state index contributed by atoms with van der Waals surface area (Å²) in [6.07, 6.45) is 0. The number of morpholine rings is 1. The quantitative estimate of drug-likeness (QED) is 0.792. The predicted molar refractivity (Wildman–Crippen MR) is 59.2 cm³/mol. The fourth-order valence-electron chi connectivity index (χ4n) is 1.82. The standard InChI is InChI=1S/C12H15NO3/c14-8-11-9-16-7-6-13(11)12(15)10-4-2-1-3-5-10/h1-5,11,14H,6-9H2/t11-/m0/s1. The molecular formula is C12H15NO3. The average molecular weight is 221 g/mol. The highest BCUT2D eigenvalue weighted by Gasteiger charge is 2.27. The van der Waals surface area contributed by atoms with Crippen molar-refractivity contribution in [3.05, 3.63) is 35.9 Å². The van der Waals surface area contributed by atoms with Crippen molar-refractivity contribution in [2.45, 2.75) is 6.04 Å². The minimum absolute atomic E-state index is 0.0389. The Morgan fingerprint density at radius 1 is 1.44 bits per heavy atom. The summed E-state index contributed by atoms with van der Waals surface area (Å²) < 4.78 is 5.24. The maximum Gasteiger partial charge on any atom is 0.254 e. The van der Waals surface area contributed by atoms with E-state index in [1.54, 1.807) is 17.0 Å². The van der Waals surface area contributed by atoms with Crippen LogP contribution >= 0.6 is 0 Å². The van der Waals surface area contributed by atoms with Crippen molar-refractivity contribution in [2.24, 2.45) is 0 Å². The number of ether oxygens (including phenoxy) is 1. The number of amides is 1. The van der Waals surface area contributed by atoms with Gasteiger partial charge in [-0.05, 0) is 12.1 Å². The molecule has 0 unspecified atom stereocenters. The fourth-order valence-corrected chi connectivity index (χ4v) is 1.82.